The molecule has 0 aliphatic carbocycles. The lowest BCUT2D eigenvalue weighted by Crippen LogP contribution is -2.53. The van der Waals surface area contributed by atoms with Gasteiger partial charge in [-0.3, -0.25) is 14.7 Å². The van der Waals surface area contributed by atoms with Gasteiger partial charge in [-0.05, 0) is 67.3 Å². The van der Waals surface area contributed by atoms with E-state index >= 15 is 0 Å². The summed E-state index contributed by atoms with van der Waals surface area (Å²) < 4.78 is 0. The van der Waals surface area contributed by atoms with Gasteiger partial charge >= 0.3 is 6.03 Å². The lowest BCUT2D eigenvalue weighted by atomic mass is 9.97. The average Bonchev–Trinajstić information content (AvgIpc) is 3.48. The van der Waals surface area contributed by atoms with E-state index in [9.17, 15) is 14.4 Å². The summed E-state index contributed by atoms with van der Waals surface area (Å²) in [5.41, 5.74) is 5.15. The monoisotopic (exact) mass is 571 g/mol. The van der Waals surface area contributed by atoms with Crippen molar-refractivity contribution < 1.29 is 14.4 Å². The Balaban J connectivity index is 1.09. The number of amides is 4. The van der Waals surface area contributed by atoms with Crippen molar-refractivity contribution in [2.45, 2.75) is 71.1 Å². The minimum atomic E-state index is -0.589. The first kappa shape index (κ1) is 28.2. The Bertz CT molecular complexity index is 1450. The Morgan fingerprint density at radius 3 is 2.57 bits per heavy atom. The summed E-state index contributed by atoms with van der Waals surface area (Å²) in [6, 6.07) is 11.5. The number of aromatic amines is 1. The summed E-state index contributed by atoms with van der Waals surface area (Å²) in [6.45, 7) is 7.97. The standard InChI is InChI=1S/C32H41N7O3/c1-21-7-11-38(12-8-21)31(41)28(33-18-23-15-22(2)30-25(16-23)19-34-36-30)17-29(40)37-13-9-26(10-14-37)39-20-24-5-3-4-6-27(24)35-32(39)42/h3-6,15-16,19,21,26,28,33H,7-14,17-18,20H2,1-2H3,(H,34,36)(H,35,42). The van der Waals surface area contributed by atoms with Crippen LogP contribution in [0.5, 0.6) is 0 Å². The second kappa shape index (κ2) is 12.1. The molecule has 0 bridgehead atoms. The van der Waals surface area contributed by atoms with Gasteiger partial charge in [0.25, 0.3) is 0 Å². The number of anilines is 1. The normalized spacial score (nSPS) is 19.1. The van der Waals surface area contributed by atoms with E-state index in [2.05, 4.69) is 39.9 Å². The molecule has 10 nitrogen and oxygen atoms in total. The van der Waals surface area contributed by atoms with Gasteiger partial charge in [0.05, 0.1) is 24.2 Å². The van der Waals surface area contributed by atoms with Crippen LogP contribution >= 0.6 is 0 Å². The van der Waals surface area contributed by atoms with Crippen molar-refractivity contribution in [2.24, 2.45) is 5.92 Å². The third kappa shape index (κ3) is 5.99. The summed E-state index contributed by atoms with van der Waals surface area (Å²) in [5.74, 6) is 0.609. The fraction of sp³-hybridized carbons (Fsp3) is 0.500. The largest absolute Gasteiger partial charge is 0.342 e. The second-order valence-electron chi connectivity index (χ2n) is 12.2. The molecule has 3 aliphatic heterocycles. The zero-order valence-corrected chi connectivity index (χ0v) is 24.6. The van der Waals surface area contributed by atoms with Crippen LogP contribution in [0.15, 0.2) is 42.6 Å². The summed E-state index contributed by atoms with van der Waals surface area (Å²) in [7, 11) is 0. The quantitative estimate of drug-likeness (QED) is 0.397. The van der Waals surface area contributed by atoms with E-state index in [-0.39, 0.29) is 30.3 Å². The molecule has 0 radical (unpaired) electrons. The molecule has 10 heteroatoms. The van der Waals surface area contributed by atoms with Crippen LogP contribution in [0.3, 0.4) is 0 Å². The van der Waals surface area contributed by atoms with Gasteiger partial charge in [0.2, 0.25) is 11.8 Å². The molecule has 3 N–H and O–H groups in total. The number of carbonyl (C=O) groups is 3. The number of likely N-dealkylation sites (tertiary alicyclic amines) is 2. The van der Waals surface area contributed by atoms with Crippen LogP contribution in [-0.2, 0) is 22.7 Å². The van der Waals surface area contributed by atoms with Gasteiger partial charge in [0.1, 0.15) is 0 Å². The highest BCUT2D eigenvalue weighted by molar-refractivity contribution is 5.92. The molecule has 222 valence electrons. The highest BCUT2D eigenvalue weighted by Gasteiger charge is 2.35. The number of aryl methyl sites for hydroxylation is 1. The third-order valence-electron chi connectivity index (χ3n) is 9.25. The number of nitrogens with zero attached hydrogens (tertiary/aromatic N) is 4. The molecule has 4 heterocycles. The molecule has 2 fully saturated rings. The smallest absolute Gasteiger partial charge is 0.322 e. The molecule has 1 aromatic heterocycles. The van der Waals surface area contributed by atoms with E-state index in [0.717, 1.165) is 72.1 Å². The second-order valence-corrected chi connectivity index (χ2v) is 12.2. The maximum absolute atomic E-state index is 13.7. The lowest BCUT2D eigenvalue weighted by molar-refractivity contribution is -0.140. The summed E-state index contributed by atoms with van der Waals surface area (Å²) in [4.78, 5) is 45.8. The predicted molar refractivity (Wildman–Crippen MR) is 162 cm³/mol. The summed E-state index contributed by atoms with van der Waals surface area (Å²) in [5, 5.41) is 14.7. The first-order valence-corrected chi connectivity index (χ1v) is 15.2. The van der Waals surface area contributed by atoms with Crippen LogP contribution in [0.1, 0.15) is 55.7 Å². The highest BCUT2D eigenvalue weighted by Crippen LogP contribution is 2.28. The van der Waals surface area contributed by atoms with Crippen molar-refractivity contribution in [1.82, 2.24) is 30.2 Å². The maximum atomic E-state index is 13.7. The topological polar surface area (TPSA) is 114 Å². The Morgan fingerprint density at radius 1 is 1.05 bits per heavy atom. The Morgan fingerprint density at radius 2 is 1.79 bits per heavy atom. The fourth-order valence-corrected chi connectivity index (χ4v) is 6.60. The molecule has 1 atom stereocenters. The van der Waals surface area contributed by atoms with Crippen LogP contribution in [0.25, 0.3) is 10.9 Å². The van der Waals surface area contributed by atoms with Gasteiger partial charge in [-0.15, -0.1) is 0 Å². The van der Waals surface area contributed by atoms with Gasteiger partial charge < -0.3 is 25.3 Å². The molecule has 6 rings (SSSR count). The Hall–Kier alpha value is -3.92. The number of hydrogen-bond donors (Lipinski definition) is 3. The molecule has 3 aromatic rings. The van der Waals surface area contributed by atoms with Crippen molar-refractivity contribution in [3.8, 4) is 0 Å². The van der Waals surface area contributed by atoms with Crippen molar-refractivity contribution in [1.29, 1.82) is 0 Å². The zero-order valence-electron chi connectivity index (χ0n) is 24.6. The highest BCUT2D eigenvalue weighted by atomic mass is 16.2. The minimum absolute atomic E-state index is 0.00917. The molecule has 0 saturated carbocycles. The van der Waals surface area contributed by atoms with Crippen molar-refractivity contribution >= 4 is 34.4 Å². The van der Waals surface area contributed by atoms with Crippen LogP contribution in [-0.4, -0.2) is 81.0 Å². The number of carbonyl (C=O) groups excluding carboxylic acids is 3. The summed E-state index contributed by atoms with van der Waals surface area (Å²) in [6.07, 6.45) is 5.36. The third-order valence-corrected chi connectivity index (χ3v) is 9.25. The van der Waals surface area contributed by atoms with Gasteiger partial charge in [-0.1, -0.05) is 31.2 Å². The van der Waals surface area contributed by atoms with Crippen molar-refractivity contribution in [3.63, 3.8) is 0 Å². The fourth-order valence-electron chi connectivity index (χ4n) is 6.60. The SMILES string of the molecule is Cc1cc(CNC(CC(=O)N2CCC(N3Cc4ccccc4NC3=O)CC2)C(=O)N2CCC(C)CC2)cc2cn[nH]c12. The van der Waals surface area contributed by atoms with E-state index in [4.69, 9.17) is 0 Å². The molecule has 4 amide bonds. The Kier molecular flexibility index (Phi) is 8.15. The van der Waals surface area contributed by atoms with Gasteiger partial charge in [0, 0.05) is 56.4 Å². The maximum Gasteiger partial charge on any atom is 0.322 e. The first-order chi connectivity index (χ1) is 20.4. The van der Waals surface area contributed by atoms with Gasteiger partial charge in [-0.25, -0.2) is 4.79 Å². The number of aromatic nitrogens is 2. The number of H-pyrrole nitrogens is 1. The number of nitrogens with one attached hydrogen (secondary N) is 3. The zero-order chi connectivity index (χ0) is 29.2. The van der Waals surface area contributed by atoms with Crippen LogP contribution < -0.4 is 10.6 Å². The minimum Gasteiger partial charge on any atom is -0.342 e. The number of para-hydroxylation sites is 1. The van der Waals surface area contributed by atoms with E-state index in [1.165, 1.54) is 0 Å². The van der Waals surface area contributed by atoms with E-state index in [0.29, 0.717) is 32.1 Å². The number of urea groups is 1. The van der Waals surface area contributed by atoms with E-state index in [1.807, 2.05) is 52.1 Å². The molecule has 2 saturated heterocycles. The van der Waals surface area contributed by atoms with Gasteiger partial charge in [-0.2, -0.15) is 5.10 Å². The van der Waals surface area contributed by atoms with Crippen LogP contribution in [0, 0.1) is 12.8 Å². The molecule has 2 aromatic carbocycles. The average molecular weight is 572 g/mol. The molecule has 1 unspecified atom stereocenters. The van der Waals surface area contributed by atoms with Gasteiger partial charge in [0.15, 0.2) is 0 Å². The number of hydrogen-bond acceptors (Lipinski definition) is 5. The predicted octanol–water partition coefficient (Wildman–Crippen LogP) is 4.02. The van der Waals surface area contributed by atoms with Crippen molar-refractivity contribution in [3.05, 3.63) is 59.3 Å². The first-order valence-electron chi connectivity index (χ1n) is 15.2. The molecular formula is C32H41N7O3. The Labute approximate surface area is 246 Å². The molecular weight excluding hydrogens is 530 g/mol. The van der Waals surface area contributed by atoms with Crippen LogP contribution in [0.2, 0.25) is 0 Å². The number of fused-ring (bicyclic) bond motifs is 2. The van der Waals surface area contributed by atoms with E-state index in [1.54, 1.807) is 0 Å². The number of piperidine rings is 2. The summed E-state index contributed by atoms with van der Waals surface area (Å²) >= 11 is 0. The van der Waals surface area contributed by atoms with Crippen LogP contribution in [0.4, 0.5) is 10.5 Å². The number of benzene rings is 2. The van der Waals surface area contributed by atoms with Crippen molar-refractivity contribution in [2.75, 3.05) is 31.5 Å². The van der Waals surface area contributed by atoms with E-state index < -0.39 is 6.04 Å². The molecule has 42 heavy (non-hydrogen) atoms. The number of rotatable bonds is 7. The lowest BCUT2D eigenvalue weighted by Gasteiger charge is -2.41. The molecule has 0 spiro atoms. The molecule has 3 aliphatic rings.